The Kier molecular flexibility index (Phi) is 2.84. The Bertz CT molecular complexity index is 305. The summed E-state index contributed by atoms with van der Waals surface area (Å²) in [5.41, 5.74) is 2.51. The molecule has 1 fully saturated rings. The highest BCUT2D eigenvalue weighted by atomic mass is 15.2. The highest BCUT2D eigenvalue weighted by Crippen LogP contribution is 2.07. The normalized spacial score (nSPS) is 17.9. The summed E-state index contributed by atoms with van der Waals surface area (Å²) in [5, 5.41) is 3.26. The lowest BCUT2D eigenvalue weighted by atomic mass is 10.2. The zero-order chi connectivity index (χ0) is 9.80. The van der Waals surface area contributed by atoms with E-state index in [0.717, 1.165) is 31.9 Å². The molecule has 0 bridgehead atoms. The topological polar surface area (TPSA) is 15.3 Å². The van der Waals surface area contributed by atoms with Crippen LogP contribution in [0.2, 0.25) is 0 Å². The van der Waals surface area contributed by atoms with Crippen molar-refractivity contribution in [2.75, 3.05) is 19.6 Å². The van der Waals surface area contributed by atoms with Gasteiger partial charge in [-0.25, -0.2) is 0 Å². The molecule has 14 heavy (non-hydrogen) atoms. The molecular formula is C12H16N2. The van der Waals surface area contributed by atoms with Crippen LogP contribution < -0.4 is 5.32 Å². The molecule has 0 aromatic heterocycles. The van der Waals surface area contributed by atoms with Crippen molar-refractivity contribution in [1.82, 2.24) is 10.2 Å². The van der Waals surface area contributed by atoms with Gasteiger partial charge in [-0.3, -0.25) is 4.90 Å². The van der Waals surface area contributed by atoms with Crippen LogP contribution in [0.4, 0.5) is 0 Å². The van der Waals surface area contributed by atoms with Gasteiger partial charge in [-0.05, 0) is 5.56 Å². The van der Waals surface area contributed by atoms with Crippen LogP contribution in [0, 0.1) is 0 Å². The van der Waals surface area contributed by atoms with Gasteiger partial charge in [0.25, 0.3) is 0 Å². The monoisotopic (exact) mass is 188 g/mol. The van der Waals surface area contributed by atoms with Gasteiger partial charge in [-0.1, -0.05) is 36.9 Å². The summed E-state index contributed by atoms with van der Waals surface area (Å²) in [4.78, 5) is 2.41. The fourth-order valence-electron chi connectivity index (χ4n) is 1.77. The average molecular weight is 188 g/mol. The summed E-state index contributed by atoms with van der Waals surface area (Å²) in [5.74, 6) is 0. The van der Waals surface area contributed by atoms with Gasteiger partial charge in [-0.15, -0.1) is 0 Å². The fraction of sp³-hybridized carbons (Fsp3) is 0.333. The highest BCUT2D eigenvalue weighted by Gasteiger charge is 2.11. The maximum Gasteiger partial charge on any atom is 0.0380 e. The van der Waals surface area contributed by atoms with Crippen LogP contribution >= 0.6 is 0 Å². The standard InChI is InChI=1S/C12H16N2/c1-11-9-14(8-7-13-11)10-12-5-3-2-4-6-12/h2-6,13H,1,7-10H2. The zero-order valence-electron chi connectivity index (χ0n) is 8.37. The summed E-state index contributed by atoms with van der Waals surface area (Å²) < 4.78 is 0. The molecule has 0 radical (unpaired) electrons. The summed E-state index contributed by atoms with van der Waals surface area (Å²) >= 11 is 0. The van der Waals surface area contributed by atoms with Crippen LogP contribution in [0.3, 0.4) is 0 Å². The highest BCUT2D eigenvalue weighted by molar-refractivity contribution is 5.15. The van der Waals surface area contributed by atoms with E-state index in [2.05, 4.69) is 47.1 Å². The quantitative estimate of drug-likeness (QED) is 0.758. The third-order valence-corrected chi connectivity index (χ3v) is 2.47. The predicted octanol–water partition coefficient (Wildman–Crippen LogP) is 1.61. The Hall–Kier alpha value is -1.28. The lowest BCUT2D eigenvalue weighted by Gasteiger charge is -2.29. The second-order valence-corrected chi connectivity index (χ2v) is 3.73. The van der Waals surface area contributed by atoms with Crippen LogP contribution in [0.25, 0.3) is 0 Å². The molecule has 2 heteroatoms. The first-order valence-corrected chi connectivity index (χ1v) is 5.02. The Morgan fingerprint density at radius 3 is 2.79 bits per heavy atom. The first-order valence-electron chi connectivity index (χ1n) is 5.02. The maximum absolute atomic E-state index is 3.95. The second kappa shape index (κ2) is 4.29. The summed E-state index contributed by atoms with van der Waals surface area (Å²) in [7, 11) is 0. The predicted molar refractivity (Wildman–Crippen MR) is 58.9 cm³/mol. The number of nitrogens with zero attached hydrogens (tertiary/aromatic N) is 1. The van der Waals surface area contributed by atoms with Gasteiger partial charge in [0.15, 0.2) is 0 Å². The summed E-state index contributed by atoms with van der Waals surface area (Å²) in [6.45, 7) is 8.07. The van der Waals surface area contributed by atoms with Crippen molar-refractivity contribution in [2.45, 2.75) is 6.54 Å². The van der Waals surface area contributed by atoms with Crippen molar-refractivity contribution in [3.8, 4) is 0 Å². The lowest BCUT2D eigenvalue weighted by Crippen LogP contribution is -2.40. The number of rotatable bonds is 2. The molecule has 0 atom stereocenters. The van der Waals surface area contributed by atoms with Gasteiger partial charge in [0.1, 0.15) is 0 Å². The minimum atomic E-state index is 0.967. The Labute approximate surface area is 85.2 Å². The van der Waals surface area contributed by atoms with E-state index in [1.54, 1.807) is 0 Å². The second-order valence-electron chi connectivity index (χ2n) is 3.73. The number of nitrogens with one attached hydrogen (secondary N) is 1. The van der Waals surface area contributed by atoms with Crippen molar-refractivity contribution >= 4 is 0 Å². The van der Waals surface area contributed by atoms with Gasteiger partial charge in [0, 0.05) is 31.9 Å². The van der Waals surface area contributed by atoms with Gasteiger partial charge < -0.3 is 5.32 Å². The van der Waals surface area contributed by atoms with E-state index >= 15 is 0 Å². The van der Waals surface area contributed by atoms with Crippen molar-refractivity contribution in [3.63, 3.8) is 0 Å². The first kappa shape index (κ1) is 9.28. The third kappa shape index (κ3) is 2.36. The molecule has 1 aromatic rings. The van der Waals surface area contributed by atoms with Gasteiger partial charge >= 0.3 is 0 Å². The Balaban J connectivity index is 1.94. The van der Waals surface area contributed by atoms with Crippen molar-refractivity contribution in [2.24, 2.45) is 0 Å². The van der Waals surface area contributed by atoms with Gasteiger partial charge in [-0.2, -0.15) is 0 Å². The van der Waals surface area contributed by atoms with E-state index in [1.165, 1.54) is 5.56 Å². The summed E-state index contributed by atoms with van der Waals surface area (Å²) in [6.07, 6.45) is 0. The lowest BCUT2D eigenvalue weighted by molar-refractivity contribution is 0.259. The van der Waals surface area contributed by atoms with E-state index < -0.39 is 0 Å². The van der Waals surface area contributed by atoms with Gasteiger partial charge in [0.05, 0.1) is 0 Å². The van der Waals surface area contributed by atoms with Crippen LogP contribution in [0.15, 0.2) is 42.6 Å². The number of benzene rings is 1. The minimum absolute atomic E-state index is 0.967. The molecule has 0 saturated carbocycles. The van der Waals surface area contributed by atoms with Gasteiger partial charge in [0.2, 0.25) is 0 Å². The number of hydrogen-bond donors (Lipinski definition) is 1. The Morgan fingerprint density at radius 1 is 1.29 bits per heavy atom. The molecule has 2 rings (SSSR count). The molecule has 1 heterocycles. The SMILES string of the molecule is C=C1CN(Cc2ccccc2)CCN1. The molecule has 1 saturated heterocycles. The molecule has 0 aliphatic carbocycles. The van der Waals surface area contributed by atoms with Crippen LogP contribution in [-0.4, -0.2) is 24.5 Å². The molecule has 0 amide bonds. The first-order chi connectivity index (χ1) is 6.84. The fourth-order valence-corrected chi connectivity index (χ4v) is 1.77. The maximum atomic E-state index is 3.95. The van der Waals surface area contributed by atoms with Crippen molar-refractivity contribution in [1.29, 1.82) is 0 Å². The van der Waals surface area contributed by atoms with Crippen LogP contribution in [0.1, 0.15) is 5.56 Å². The van der Waals surface area contributed by atoms with E-state index in [9.17, 15) is 0 Å². The molecule has 0 unspecified atom stereocenters. The molecule has 74 valence electrons. The molecule has 1 N–H and O–H groups in total. The van der Waals surface area contributed by atoms with Crippen LogP contribution in [-0.2, 0) is 6.54 Å². The number of piperazine rings is 1. The smallest absolute Gasteiger partial charge is 0.0380 e. The van der Waals surface area contributed by atoms with Crippen molar-refractivity contribution in [3.05, 3.63) is 48.2 Å². The molecule has 2 nitrogen and oxygen atoms in total. The largest absolute Gasteiger partial charge is 0.386 e. The van der Waals surface area contributed by atoms with Crippen LogP contribution in [0.5, 0.6) is 0 Å². The Morgan fingerprint density at radius 2 is 2.07 bits per heavy atom. The summed E-state index contributed by atoms with van der Waals surface area (Å²) in [6, 6.07) is 10.6. The number of hydrogen-bond acceptors (Lipinski definition) is 2. The van der Waals surface area contributed by atoms with E-state index in [-0.39, 0.29) is 0 Å². The van der Waals surface area contributed by atoms with E-state index in [0.29, 0.717) is 0 Å². The molecule has 0 spiro atoms. The van der Waals surface area contributed by atoms with Crippen molar-refractivity contribution < 1.29 is 0 Å². The average Bonchev–Trinajstić information content (AvgIpc) is 2.19. The van der Waals surface area contributed by atoms with E-state index in [1.807, 2.05) is 0 Å². The zero-order valence-corrected chi connectivity index (χ0v) is 8.37. The van der Waals surface area contributed by atoms with E-state index in [4.69, 9.17) is 0 Å². The molecule has 1 aromatic carbocycles. The third-order valence-electron chi connectivity index (χ3n) is 2.47. The molecule has 1 aliphatic rings. The molecular weight excluding hydrogens is 172 g/mol. The minimum Gasteiger partial charge on any atom is -0.386 e. The molecule has 1 aliphatic heterocycles.